The molecule has 0 N–H and O–H groups in total. The molecule has 2 amide bonds. The normalized spacial score (nSPS) is 18.9. The van der Waals surface area contributed by atoms with Gasteiger partial charge in [-0.2, -0.15) is 0 Å². The summed E-state index contributed by atoms with van der Waals surface area (Å²) < 4.78 is 0. The minimum atomic E-state index is -0.228. The Morgan fingerprint density at radius 1 is 0.929 bits per heavy atom. The zero-order chi connectivity index (χ0) is 8.39. The van der Waals surface area contributed by atoms with Gasteiger partial charge in [-0.05, 0) is 6.03 Å². The molecule has 0 heterocycles. The molecule has 0 bridgehead atoms. The van der Waals surface area contributed by atoms with Crippen molar-refractivity contribution in [3.8, 4) is 0 Å². The SMILES string of the molecule is O=C([N-]CC1CC1)[N-]CC1CC1.[Li+].[Li+]. The number of carbonyl (C=O) groups excluding carboxylic acids is 1. The van der Waals surface area contributed by atoms with Gasteiger partial charge in [-0.15, -0.1) is 13.1 Å². The fourth-order valence-electron chi connectivity index (χ4n) is 1.07. The second-order valence-electron chi connectivity index (χ2n) is 3.85. The van der Waals surface area contributed by atoms with Gasteiger partial charge in [0.25, 0.3) is 0 Å². The predicted octanol–water partition coefficient (Wildman–Crippen LogP) is -3.32. The quantitative estimate of drug-likeness (QED) is 0.417. The van der Waals surface area contributed by atoms with Gasteiger partial charge in [-0.3, -0.25) is 0 Å². The molecule has 2 aliphatic carbocycles. The Morgan fingerprint density at radius 2 is 1.29 bits per heavy atom. The van der Waals surface area contributed by atoms with Crippen molar-refractivity contribution in [1.82, 2.24) is 0 Å². The van der Waals surface area contributed by atoms with Crippen molar-refractivity contribution in [2.75, 3.05) is 13.1 Å². The van der Waals surface area contributed by atoms with Crippen LogP contribution in [0.3, 0.4) is 0 Å². The Balaban J connectivity index is 0.000000845. The largest absolute Gasteiger partial charge is 1.00 e. The van der Waals surface area contributed by atoms with E-state index in [1.807, 2.05) is 0 Å². The van der Waals surface area contributed by atoms with E-state index in [2.05, 4.69) is 10.6 Å². The van der Waals surface area contributed by atoms with Crippen molar-refractivity contribution < 1.29 is 42.5 Å². The van der Waals surface area contributed by atoms with Gasteiger partial charge in [-0.1, -0.05) is 37.5 Å². The summed E-state index contributed by atoms with van der Waals surface area (Å²) >= 11 is 0. The summed E-state index contributed by atoms with van der Waals surface area (Å²) in [4.78, 5) is 11.0. The molecule has 2 fully saturated rings. The van der Waals surface area contributed by atoms with Gasteiger partial charge in [0.1, 0.15) is 0 Å². The van der Waals surface area contributed by atoms with Gasteiger partial charge >= 0.3 is 37.7 Å². The second-order valence-corrected chi connectivity index (χ2v) is 3.85. The van der Waals surface area contributed by atoms with E-state index in [1.54, 1.807) is 0 Å². The van der Waals surface area contributed by atoms with E-state index in [0.717, 1.165) is 0 Å². The number of hydrogen-bond acceptors (Lipinski definition) is 1. The number of hydrogen-bond donors (Lipinski definition) is 0. The summed E-state index contributed by atoms with van der Waals surface area (Å²) in [6.45, 7) is 1.43. The molecule has 5 heteroatoms. The third-order valence-electron chi connectivity index (χ3n) is 2.36. The van der Waals surface area contributed by atoms with Crippen molar-refractivity contribution in [3.05, 3.63) is 10.6 Å². The van der Waals surface area contributed by atoms with Crippen molar-refractivity contribution in [1.29, 1.82) is 0 Å². The van der Waals surface area contributed by atoms with E-state index < -0.39 is 0 Å². The van der Waals surface area contributed by atoms with E-state index >= 15 is 0 Å². The van der Waals surface area contributed by atoms with Crippen LogP contribution in [0.2, 0.25) is 0 Å². The zero-order valence-corrected chi connectivity index (χ0v) is 9.20. The second kappa shape index (κ2) is 6.86. The molecule has 2 saturated carbocycles. The van der Waals surface area contributed by atoms with Gasteiger partial charge in [0, 0.05) is 0 Å². The van der Waals surface area contributed by atoms with Gasteiger partial charge in [0.15, 0.2) is 0 Å². The maximum absolute atomic E-state index is 11.0. The Kier molecular flexibility index (Phi) is 7.09. The summed E-state index contributed by atoms with van der Waals surface area (Å²) in [5.41, 5.74) is 0. The van der Waals surface area contributed by atoms with Crippen LogP contribution in [0.4, 0.5) is 4.79 Å². The minimum Gasteiger partial charge on any atom is -0.669 e. The molecule has 0 aromatic heterocycles. The molecule has 0 radical (unpaired) electrons. The molecule has 3 nitrogen and oxygen atoms in total. The average molecular weight is 180 g/mol. The summed E-state index contributed by atoms with van der Waals surface area (Å²) in [6, 6.07) is -0.228. The van der Waals surface area contributed by atoms with Gasteiger partial charge in [0.05, 0.1) is 0 Å². The number of rotatable bonds is 4. The van der Waals surface area contributed by atoms with Crippen LogP contribution in [-0.4, -0.2) is 19.1 Å². The number of urea groups is 1. The summed E-state index contributed by atoms with van der Waals surface area (Å²) in [5, 5.41) is 7.76. The summed E-state index contributed by atoms with van der Waals surface area (Å²) in [7, 11) is 0. The molecule has 0 spiro atoms. The van der Waals surface area contributed by atoms with E-state index in [1.165, 1.54) is 25.7 Å². The molecule has 0 unspecified atom stereocenters. The third kappa shape index (κ3) is 6.04. The zero-order valence-electron chi connectivity index (χ0n) is 9.20. The topological polar surface area (TPSA) is 45.3 Å². The summed E-state index contributed by atoms with van der Waals surface area (Å²) in [5.74, 6) is 1.40. The molecule has 68 valence electrons. The van der Waals surface area contributed by atoms with E-state index in [0.29, 0.717) is 24.9 Å². The molecule has 14 heavy (non-hydrogen) atoms. The molecule has 2 aliphatic rings. The van der Waals surface area contributed by atoms with Gasteiger partial charge in [-0.25, -0.2) is 0 Å². The summed E-state index contributed by atoms with van der Waals surface area (Å²) in [6.07, 6.45) is 5.00. The predicted molar refractivity (Wildman–Crippen MR) is 47.3 cm³/mol. The monoisotopic (exact) mass is 180 g/mol. The molecule has 0 aromatic rings. The maximum Gasteiger partial charge on any atom is 1.00 e. The molecular formula is C9H14Li2N2O. The number of amides is 2. The van der Waals surface area contributed by atoms with E-state index in [4.69, 9.17) is 0 Å². The Bertz CT molecular complexity index is 164. The van der Waals surface area contributed by atoms with Crippen LogP contribution in [0.5, 0.6) is 0 Å². The average Bonchev–Trinajstić information content (AvgIpc) is 2.89. The fraction of sp³-hybridized carbons (Fsp3) is 0.889. The van der Waals surface area contributed by atoms with E-state index in [9.17, 15) is 4.79 Å². The molecule has 0 aliphatic heterocycles. The van der Waals surface area contributed by atoms with Crippen molar-refractivity contribution in [2.24, 2.45) is 11.8 Å². The van der Waals surface area contributed by atoms with Crippen LogP contribution in [0.15, 0.2) is 0 Å². The first-order chi connectivity index (χ1) is 5.84. The van der Waals surface area contributed by atoms with Crippen LogP contribution in [-0.2, 0) is 0 Å². The van der Waals surface area contributed by atoms with Crippen LogP contribution >= 0.6 is 0 Å². The molecule has 0 atom stereocenters. The van der Waals surface area contributed by atoms with Crippen LogP contribution in [0.25, 0.3) is 10.6 Å². The van der Waals surface area contributed by atoms with Crippen molar-refractivity contribution >= 4 is 6.03 Å². The van der Waals surface area contributed by atoms with E-state index in [-0.39, 0.29) is 43.8 Å². The Hall–Kier alpha value is 0.465. The van der Waals surface area contributed by atoms with Crippen LogP contribution in [0.1, 0.15) is 25.7 Å². The van der Waals surface area contributed by atoms with Crippen molar-refractivity contribution in [2.45, 2.75) is 25.7 Å². The third-order valence-corrected chi connectivity index (χ3v) is 2.36. The smallest absolute Gasteiger partial charge is 0.669 e. The fourth-order valence-corrected chi connectivity index (χ4v) is 1.07. The van der Waals surface area contributed by atoms with Crippen LogP contribution < -0.4 is 37.7 Å². The Labute approximate surface area is 110 Å². The molecule has 2 rings (SSSR count). The first-order valence-electron chi connectivity index (χ1n) is 4.73. The molecule has 0 aromatic carbocycles. The Morgan fingerprint density at radius 3 is 1.57 bits per heavy atom. The number of carbonyl (C=O) groups is 1. The van der Waals surface area contributed by atoms with Crippen LogP contribution in [0, 0.1) is 11.8 Å². The van der Waals surface area contributed by atoms with Gasteiger partial charge in [0.2, 0.25) is 0 Å². The first kappa shape index (κ1) is 14.5. The van der Waals surface area contributed by atoms with Crippen molar-refractivity contribution in [3.63, 3.8) is 0 Å². The number of nitrogens with zero attached hydrogens (tertiary/aromatic N) is 2. The minimum absolute atomic E-state index is 0. The van der Waals surface area contributed by atoms with Gasteiger partial charge < -0.3 is 15.4 Å². The first-order valence-corrected chi connectivity index (χ1v) is 4.73. The standard InChI is InChI=1S/C9H15N2O.2Li/c12-9(10-5-7-1-2-7)11-6-8-3-4-8;;/h7-8H,1-6H2,(H-,10,11,12);;/q-1;2*+1/p-1. The maximum atomic E-state index is 11.0. The molecular weight excluding hydrogens is 166 g/mol. The molecule has 0 saturated heterocycles.